The lowest BCUT2D eigenvalue weighted by molar-refractivity contribution is -0.136. The molecule has 1 saturated heterocycles. The number of piperidine rings is 1. The van der Waals surface area contributed by atoms with Gasteiger partial charge in [-0.15, -0.1) is 0 Å². The number of carbonyl (C=O) groups is 5. The van der Waals surface area contributed by atoms with Crippen molar-refractivity contribution in [1.29, 1.82) is 0 Å². The van der Waals surface area contributed by atoms with Crippen LogP contribution in [0.5, 0.6) is 0 Å². The molecule has 1 atom stereocenters. The number of nitrogens with one attached hydrogen (secondary N) is 2. The Morgan fingerprint density at radius 3 is 2.48 bits per heavy atom. The van der Waals surface area contributed by atoms with Crippen molar-refractivity contribution < 1.29 is 28.7 Å². The van der Waals surface area contributed by atoms with E-state index >= 15 is 0 Å². The number of carbonyl (C=O) groups excluding carboxylic acids is 5. The molecule has 5 amide bonds. The van der Waals surface area contributed by atoms with Crippen LogP contribution in [0.3, 0.4) is 0 Å². The number of amides is 5. The van der Waals surface area contributed by atoms with Crippen LogP contribution in [0, 0.1) is 0 Å². The van der Waals surface area contributed by atoms with E-state index in [0.29, 0.717) is 19.8 Å². The maximum Gasteiger partial charge on any atom is 0.262 e. The molecule has 0 bridgehead atoms. The summed E-state index contributed by atoms with van der Waals surface area (Å²) in [5, 5.41) is 7.31. The first-order valence-electron chi connectivity index (χ1n) is 15.0. The molecule has 230 valence electrons. The van der Waals surface area contributed by atoms with Crippen molar-refractivity contribution in [3.63, 3.8) is 0 Å². The van der Waals surface area contributed by atoms with Gasteiger partial charge in [0.2, 0.25) is 11.8 Å². The van der Waals surface area contributed by atoms with Gasteiger partial charge >= 0.3 is 0 Å². The lowest BCUT2D eigenvalue weighted by Crippen LogP contribution is -2.54. The Morgan fingerprint density at radius 1 is 0.891 bits per heavy atom. The Kier molecular flexibility index (Phi) is 7.59. The number of aromatic nitrogens is 2. The van der Waals surface area contributed by atoms with E-state index in [1.54, 1.807) is 6.20 Å². The summed E-state index contributed by atoms with van der Waals surface area (Å²) in [6.45, 7) is 1.88. The summed E-state index contributed by atoms with van der Waals surface area (Å²) < 4.78 is 8.17. The summed E-state index contributed by atoms with van der Waals surface area (Å²) in [6.07, 6.45) is 1.90. The molecule has 1 fully saturated rings. The van der Waals surface area contributed by atoms with Crippen molar-refractivity contribution >= 4 is 51.5 Å². The molecule has 2 aliphatic heterocycles. The van der Waals surface area contributed by atoms with Gasteiger partial charge in [0.1, 0.15) is 11.7 Å². The predicted octanol–water partition coefficient (Wildman–Crippen LogP) is 3.74. The Morgan fingerprint density at radius 2 is 1.65 bits per heavy atom. The van der Waals surface area contributed by atoms with Gasteiger partial charge in [0, 0.05) is 42.0 Å². The zero-order chi connectivity index (χ0) is 31.8. The topological polar surface area (TPSA) is 140 Å². The van der Waals surface area contributed by atoms with E-state index in [9.17, 15) is 24.0 Å². The van der Waals surface area contributed by atoms with Crippen LogP contribution in [0.25, 0.3) is 21.9 Å². The number of benzene rings is 3. The normalized spacial score (nSPS) is 16.3. The van der Waals surface area contributed by atoms with Crippen molar-refractivity contribution in [1.82, 2.24) is 25.1 Å². The third-order valence-electron chi connectivity index (χ3n) is 8.43. The molecular weight excluding hydrogens is 586 g/mol. The summed E-state index contributed by atoms with van der Waals surface area (Å²) in [6, 6.07) is 23.2. The lowest BCUT2D eigenvalue weighted by atomic mass is 10.0. The average Bonchev–Trinajstić information content (AvgIpc) is 3.52. The molecule has 2 aromatic heterocycles. The maximum absolute atomic E-state index is 13.1. The van der Waals surface area contributed by atoms with Crippen molar-refractivity contribution in [2.45, 2.75) is 38.6 Å². The van der Waals surface area contributed by atoms with Crippen LogP contribution >= 0.6 is 0 Å². The van der Waals surface area contributed by atoms with Crippen LogP contribution in [-0.2, 0) is 34.0 Å². The number of rotatable bonds is 9. The van der Waals surface area contributed by atoms with E-state index in [-0.39, 0.29) is 36.1 Å². The number of hydrogen-bond donors (Lipinski definition) is 2. The molecule has 5 aromatic rings. The molecule has 2 aliphatic rings. The number of fused-ring (bicyclic) bond motifs is 4. The van der Waals surface area contributed by atoms with E-state index in [0.717, 1.165) is 32.6 Å². The minimum Gasteiger partial charge on any atom is -0.375 e. The molecule has 0 saturated carbocycles. The molecule has 3 aromatic carbocycles. The number of ether oxygens (including phenoxy) is 1. The molecular formula is C35H29N5O6. The summed E-state index contributed by atoms with van der Waals surface area (Å²) in [5.74, 6) is -2.81. The fourth-order valence-corrected chi connectivity index (χ4v) is 6.10. The highest BCUT2D eigenvalue weighted by molar-refractivity contribution is 6.24. The number of imide groups is 2. The molecule has 0 aliphatic carbocycles. The van der Waals surface area contributed by atoms with E-state index in [1.807, 2.05) is 42.5 Å². The molecule has 1 unspecified atom stereocenters. The Labute approximate surface area is 263 Å². The van der Waals surface area contributed by atoms with E-state index < -0.39 is 35.6 Å². The zero-order valence-electron chi connectivity index (χ0n) is 24.7. The van der Waals surface area contributed by atoms with E-state index in [1.165, 1.54) is 23.6 Å². The molecule has 0 spiro atoms. The molecule has 4 heterocycles. The highest BCUT2D eigenvalue weighted by Crippen LogP contribution is 2.29. The largest absolute Gasteiger partial charge is 0.375 e. The van der Waals surface area contributed by atoms with Gasteiger partial charge in [-0.1, -0.05) is 42.5 Å². The van der Waals surface area contributed by atoms with E-state index in [2.05, 4.69) is 38.4 Å². The first-order valence-corrected chi connectivity index (χ1v) is 15.0. The van der Waals surface area contributed by atoms with Crippen LogP contribution in [0.15, 0.2) is 85.1 Å². The fraction of sp³-hybridized carbons (Fsp3) is 0.200. The molecule has 7 rings (SSSR count). The first kappa shape index (κ1) is 29.1. The quantitative estimate of drug-likeness (QED) is 0.190. The molecule has 11 heteroatoms. The van der Waals surface area contributed by atoms with E-state index in [4.69, 9.17) is 4.74 Å². The van der Waals surface area contributed by atoms with Crippen molar-refractivity contribution in [2.75, 3.05) is 6.61 Å². The third kappa shape index (κ3) is 5.30. The smallest absolute Gasteiger partial charge is 0.262 e. The number of nitrogens with zero attached hydrogens (tertiary/aromatic N) is 3. The average molecular weight is 616 g/mol. The van der Waals surface area contributed by atoms with Crippen LogP contribution in [0.2, 0.25) is 0 Å². The standard InChI is InChI=1S/C35H29N5O6/c41-30-14-13-29(33(43)38-30)40-34(44)26-12-11-23(18-27(26)35(40)45)32(42)37-19-21-7-9-22(10-8-21)20-46-17-16-39-28-6-2-1-4-24(28)25-5-3-15-36-31(25)39/h1-12,15,18,29H,13-14,16-17,19-20H2,(H,37,42)(H,38,41,43). The van der Waals surface area contributed by atoms with Gasteiger partial charge in [0.05, 0.1) is 29.9 Å². The lowest BCUT2D eigenvalue weighted by Gasteiger charge is -2.27. The molecule has 11 nitrogen and oxygen atoms in total. The zero-order valence-corrected chi connectivity index (χ0v) is 24.7. The van der Waals surface area contributed by atoms with Crippen LogP contribution in [-0.4, -0.2) is 56.6 Å². The molecule has 2 N–H and O–H groups in total. The van der Waals surface area contributed by atoms with Gasteiger partial charge in [-0.05, 0) is 53.9 Å². The minimum atomic E-state index is -1.06. The van der Waals surface area contributed by atoms with Gasteiger partial charge in [-0.3, -0.25) is 34.2 Å². The molecule has 0 radical (unpaired) electrons. The number of pyridine rings is 1. The van der Waals surface area contributed by atoms with Crippen LogP contribution < -0.4 is 10.6 Å². The maximum atomic E-state index is 13.1. The van der Waals surface area contributed by atoms with Gasteiger partial charge in [0.15, 0.2) is 0 Å². The summed E-state index contributed by atoms with van der Waals surface area (Å²) in [5.41, 5.74) is 4.33. The van der Waals surface area contributed by atoms with Crippen molar-refractivity contribution in [3.05, 3.63) is 113 Å². The minimum absolute atomic E-state index is 0.0348. The van der Waals surface area contributed by atoms with Gasteiger partial charge in [0.25, 0.3) is 17.7 Å². The fourth-order valence-electron chi connectivity index (χ4n) is 6.10. The van der Waals surface area contributed by atoms with Gasteiger partial charge in [-0.25, -0.2) is 4.98 Å². The summed E-state index contributed by atoms with van der Waals surface area (Å²) in [4.78, 5) is 68.2. The Hall–Kier alpha value is -5.68. The van der Waals surface area contributed by atoms with Crippen molar-refractivity contribution in [2.24, 2.45) is 0 Å². The SMILES string of the molecule is O=C1CCC(N2C(=O)c3ccc(C(=O)NCc4ccc(COCCn5c6ccccc6c6cccnc65)cc4)cc3C2=O)C(=O)N1. The highest BCUT2D eigenvalue weighted by Gasteiger charge is 2.44. The third-order valence-corrected chi connectivity index (χ3v) is 8.43. The summed E-state index contributed by atoms with van der Waals surface area (Å²) in [7, 11) is 0. The predicted molar refractivity (Wildman–Crippen MR) is 168 cm³/mol. The monoisotopic (exact) mass is 615 g/mol. The Bertz CT molecular complexity index is 2000. The first-order chi connectivity index (χ1) is 22.4. The second-order valence-electron chi connectivity index (χ2n) is 11.3. The van der Waals surface area contributed by atoms with Crippen LogP contribution in [0.1, 0.15) is 55.0 Å². The Balaban J connectivity index is 0.925. The number of hydrogen-bond acceptors (Lipinski definition) is 7. The summed E-state index contributed by atoms with van der Waals surface area (Å²) >= 11 is 0. The second kappa shape index (κ2) is 12.0. The highest BCUT2D eigenvalue weighted by atomic mass is 16.5. The van der Waals surface area contributed by atoms with Gasteiger partial charge < -0.3 is 14.6 Å². The van der Waals surface area contributed by atoms with Crippen LogP contribution in [0.4, 0.5) is 0 Å². The number of para-hydroxylation sites is 1. The second-order valence-corrected chi connectivity index (χ2v) is 11.3. The van der Waals surface area contributed by atoms with Gasteiger partial charge in [-0.2, -0.15) is 0 Å². The van der Waals surface area contributed by atoms with Crippen molar-refractivity contribution in [3.8, 4) is 0 Å². The molecule has 46 heavy (non-hydrogen) atoms.